The summed E-state index contributed by atoms with van der Waals surface area (Å²) >= 11 is 17.9. The first-order valence-corrected chi connectivity index (χ1v) is 7.72. The summed E-state index contributed by atoms with van der Waals surface area (Å²) in [6.07, 6.45) is 0.608. The molecule has 2 aromatic carbocycles. The maximum absolute atomic E-state index is 12.1. The molecule has 0 spiro atoms. The minimum absolute atomic E-state index is 0.335. The number of hydrogen-bond acceptors (Lipinski definition) is 2. The van der Waals surface area contributed by atoms with E-state index in [1.807, 2.05) is 6.92 Å². The SMILES string of the molecule is CC/C(=N\NC(=O)c1cccc(Cl)c1)c1ccc(Cl)cc1Cl. The first-order valence-electron chi connectivity index (χ1n) is 6.59. The van der Waals surface area contributed by atoms with E-state index in [-0.39, 0.29) is 5.91 Å². The van der Waals surface area contributed by atoms with Crippen LogP contribution in [0.25, 0.3) is 0 Å². The van der Waals surface area contributed by atoms with Crippen LogP contribution >= 0.6 is 34.8 Å². The Morgan fingerprint density at radius 3 is 2.45 bits per heavy atom. The fourth-order valence-electron chi connectivity index (χ4n) is 1.87. The lowest BCUT2D eigenvalue weighted by Crippen LogP contribution is -2.20. The average molecular weight is 356 g/mol. The molecule has 0 saturated heterocycles. The number of hydrazone groups is 1. The van der Waals surface area contributed by atoms with Crippen molar-refractivity contribution in [3.8, 4) is 0 Å². The Balaban J connectivity index is 2.21. The summed E-state index contributed by atoms with van der Waals surface area (Å²) in [7, 11) is 0. The van der Waals surface area contributed by atoms with Crippen molar-refractivity contribution >= 4 is 46.4 Å². The van der Waals surface area contributed by atoms with Gasteiger partial charge in [0.05, 0.1) is 10.7 Å². The second kappa shape index (κ2) is 7.63. The highest BCUT2D eigenvalue weighted by Crippen LogP contribution is 2.22. The molecule has 0 heterocycles. The van der Waals surface area contributed by atoms with Crippen LogP contribution in [-0.2, 0) is 0 Å². The van der Waals surface area contributed by atoms with Crippen molar-refractivity contribution < 1.29 is 4.79 Å². The van der Waals surface area contributed by atoms with Gasteiger partial charge < -0.3 is 0 Å². The van der Waals surface area contributed by atoms with E-state index in [1.165, 1.54) is 0 Å². The summed E-state index contributed by atoms with van der Waals surface area (Å²) in [6, 6.07) is 11.8. The van der Waals surface area contributed by atoms with Gasteiger partial charge in [0.25, 0.3) is 5.91 Å². The maximum atomic E-state index is 12.1. The van der Waals surface area contributed by atoms with Gasteiger partial charge in [-0.05, 0) is 36.8 Å². The quantitative estimate of drug-likeness (QED) is 0.595. The summed E-state index contributed by atoms with van der Waals surface area (Å²) in [6.45, 7) is 1.93. The van der Waals surface area contributed by atoms with E-state index in [4.69, 9.17) is 34.8 Å². The molecule has 0 saturated carbocycles. The van der Waals surface area contributed by atoms with E-state index in [2.05, 4.69) is 10.5 Å². The number of halogens is 3. The minimum atomic E-state index is -0.335. The Morgan fingerprint density at radius 2 is 1.82 bits per heavy atom. The number of amides is 1. The van der Waals surface area contributed by atoms with Gasteiger partial charge >= 0.3 is 0 Å². The Morgan fingerprint density at radius 1 is 1.09 bits per heavy atom. The molecule has 0 unspecified atom stereocenters. The lowest BCUT2D eigenvalue weighted by molar-refractivity contribution is 0.0955. The number of nitrogens with zero attached hydrogens (tertiary/aromatic N) is 1. The Kier molecular flexibility index (Phi) is 5.83. The van der Waals surface area contributed by atoms with Gasteiger partial charge in [0.2, 0.25) is 0 Å². The van der Waals surface area contributed by atoms with Crippen LogP contribution in [0, 0.1) is 0 Å². The molecule has 1 amide bonds. The predicted octanol–water partition coefficient (Wildman–Crippen LogP) is 5.19. The van der Waals surface area contributed by atoms with Gasteiger partial charge in [-0.3, -0.25) is 4.79 Å². The third-order valence-corrected chi connectivity index (χ3v) is 3.74. The van der Waals surface area contributed by atoms with E-state index < -0.39 is 0 Å². The average Bonchev–Trinajstić information content (AvgIpc) is 2.49. The standard InChI is InChI=1S/C16H13Cl3N2O/c1-2-15(13-7-6-12(18)9-14(13)19)20-21-16(22)10-4-3-5-11(17)8-10/h3-9H,2H2,1H3,(H,21,22)/b20-15+. The first-order chi connectivity index (χ1) is 10.5. The van der Waals surface area contributed by atoms with Gasteiger partial charge in [0.15, 0.2) is 0 Å². The molecule has 0 aliphatic carbocycles. The van der Waals surface area contributed by atoms with Gasteiger partial charge in [-0.2, -0.15) is 5.10 Å². The molecule has 0 fully saturated rings. The van der Waals surface area contributed by atoms with Crippen LogP contribution in [0.5, 0.6) is 0 Å². The fraction of sp³-hybridized carbons (Fsp3) is 0.125. The molecule has 2 rings (SSSR count). The van der Waals surface area contributed by atoms with Crippen LogP contribution in [-0.4, -0.2) is 11.6 Å². The van der Waals surface area contributed by atoms with Crippen molar-refractivity contribution in [2.45, 2.75) is 13.3 Å². The van der Waals surface area contributed by atoms with Crippen LogP contribution in [0.3, 0.4) is 0 Å². The van der Waals surface area contributed by atoms with Crippen LogP contribution < -0.4 is 5.43 Å². The van der Waals surface area contributed by atoms with Crippen LogP contribution in [0.4, 0.5) is 0 Å². The van der Waals surface area contributed by atoms with E-state index in [9.17, 15) is 4.79 Å². The summed E-state index contributed by atoms with van der Waals surface area (Å²) in [4.78, 5) is 12.1. The van der Waals surface area contributed by atoms with Gasteiger partial charge in [0, 0.05) is 21.2 Å². The molecule has 0 radical (unpaired) electrons. The van der Waals surface area contributed by atoms with Gasteiger partial charge in [-0.25, -0.2) is 5.43 Å². The highest BCUT2D eigenvalue weighted by molar-refractivity contribution is 6.37. The number of carbonyl (C=O) groups is 1. The monoisotopic (exact) mass is 354 g/mol. The van der Waals surface area contributed by atoms with E-state index in [1.54, 1.807) is 42.5 Å². The molecule has 0 aromatic heterocycles. The Hall–Kier alpha value is -1.55. The fourth-order valence-corrected chi connectivity index (χ4v) is 2.57. The van der Waals surface area contributed by atoms with Gasteiger partial charge in [0.1, 0.15) is 0 Å². The molecular formula is C16H13Cl3N2O. The lowest BCUT2D eigenvalue weighted by atomic mass is 10.1. The number of rotatable bonds is 4. The van der Waals surface area contributed by atoms with Crippen molar-refractivity contribution in [2.24, 2.45) is 5.10 Å². The Labute approximate surface area is 143 Å². The first kappa shape index (κ1) is 16.8. The van der Waals surface area contributed by atoms with E-state index in [0.717, 1.165) is 5.56 Å². The van der Waals surface area contributed by atoms with Crippen LogP contribution in [0.2, 0.25) is 15.1 Å². The van der Waals surface area contributed by atoms with E-state index >= 15 is 0 Å². The molecule has 6 heteroatoms. The topological polar surface area (TPSA) is 41.5 Å². The summed E-state index contributed by atoms with van der Waals surface area (Å²) in [5, 5.41) is 5.69. The third kappa shape index (κ3) is 4.23. The number of hydrogen-bond donors (Lipinski definition) is 1. The minimum Gasteiger partial charge on any atom is -0.267 e. The number of carbonyl (C=O) groups excluding carboxylic acids is 1. The van der Waals surface area contributed by atoms with Crippen LogP contribution in [0.1, 0.15) is 29.3 Å². The second-order valence-electron chi connectivity index (χ2n) is 4.49. The molecule has 2 aromatic rings. The van der Waals surface area contributed by atoms with Gasteiger partial charge in [-0.1, -0.05) is 53.9 Å². The molecule has 114 valence electrons. The predicted molar refractivity (Wildman–Crippen MR) is 92.2 cm³/mol. The highest BCUT2D eigenvalue weighted by Gasteiger charge is 2.09. The summed E-state index contributed by atoms with van der Waals surface area (Å²) in [5.41, 5.74) is 4.36. The second-order valence-corrected chi connectivity index (χ2v) is 5.77. The molecule has 0 bridgehead atoms. The molecule has 0 aliphatic rings. The van der Waals surface area contributed by atoms with Crippen molar-refractivity contribution in [3.05, 3.63) is 68.7 Å². The molecule has 1 N–H and O–H groups in total. The molecule has 0 aliphatic heterocycles. The third-order valence-electron chi connectivity index (χ3n) is 2.96. The smallest absolute Gasteiger partial charge is 0.267 e. The molecule has 0 atom stereocenters. The van der Waals surface area contributed by atoms with Gasteiger partial charge in [-0.15, -0.1) is 0 Å². The van der Waals surface area contributed by atoms with Crippen LogP contribution in [0.15, 0.2) is 47.6 Å². The zero-order valence-corrected chi connectivity index (χ0v) is 14.0. The summed E-state index contributed by atoms with van der Waals surface area (Å²) in [5.74, 6) is -0.335. The zero-order valence-electron chi connectivity index (χ0n) is 11.7. The zero-order chi connectivity index (χ0) is 16.1. The molecule has 22 heavy (non-hydrogen) atoms. The normalized spacial score (nSPS) is 11.4. The maximum Gasteiger partial charge on any atom is 0.271 e. The molecular weight excluding hydrogens is 343 g/mol. The highest BCUT2D eigenvalue weighted by atomic mass is 35.5. The number of benzene rings is 2. The molecule has 3 nitrogen and oxygen atoms in total. The van der Waals surface area contributed by atoms with Crippen molar-refractivity contribution in [3.63, 3.8) is 0 Å². The summed E-state index contributed by atoms with van der Waals surface area (Å²) < 4.78 is 0. The lowest BCUT2D eigenvalue weighted by Gasteiger charge is -2.08. The largest absolute Gasteiger partial charge is 0.271 e. The Bertz CT molecular complexity index is 729. The van der Waals surface area contributed by atoms with Crippen molar-refractivity contribution in [1.82, 2.24) is 5.43 Å². The number of nitrogens with one attached hydrogen (secondary N) is 1. The van der Waals surface area contributed by atoms with Crippen molar-refractivity contribution in [2.75, 3.05) is 0 Å². The van der Waals surface area contributed by atoms with E-state index in [0.29, 0.717) is 32.8 Å². The van der Waals surface area contributed by atoms with Crippen molar-refractivity contribution in [1.29, 1.82) is 0 Å².